The van der Waals surface area contributed by atoms with Gasteiger partial charge in [0.15, 0.2) is 5.65 Å². The van der Waals surface area contributed by atoms with E-state index in [-0.39, 0.29) is 5.82 Å². The fourth-order valence-corrected chi connectivity index (χ4v) is 2.16. The molecule has 1 aromatic carbocycles. The summed E-state index contributed by atoms with van der Waals surface area (Å²) < 4.78 is 14.9. The van der Waals surface area contributed by atoms with Crippen molar-refractivity contribution in [2.45, 2.75) is 13.8 Å². The van der Waals surface area contributed by atoms with Crippen molar-refractivity contribution < 1.29 is 4.39 Å². The third-order valence-corrected chi connectivity index (χ3v) is 3.34. The van der Waals surface area contributed by atoms with E-state index in [0.29, 0.717) is 22.7 Å². The van der Waals surface area contributed by atoms with Gasteiger partial charge in [0.25, 0.3) is 0 Å². The van der Waals surface area contributed by atoms with Crippen LogP contribution in [0.3, 0.4) is 0 Å². The van der Waals surface area contributed by atoms with Crippen LogP contribution in [0.2, 0.25) is 0 Å². The molecule has 5 nitrogen and oxygen atoms in total. The first-order chi connectivity index (χ1) is 9.60. The Morgan fingerprint density at radius 2 is 2.05 bits per heavy atom. The van der Waals surface area contributed by atoms with E-state index in [0.717, 1.165) is 11.3 Å². The molecule has 0 amide bonds. The second-order valence-corrected chi connectivity index (χ2v) is 4.63. The van der Waals surface area contributed by atoms with Crippen LogP contribution in [0.5, 0.6) is 0 Å². The number of nitrogens with zero attached hydrogens (tertiary/aromatic N) is 3. The molecule has 0 saturated carbocycles. The van der Waals surface area contributed by atoms with Crippen LogP contribution in [-0.4, -0.2) is 14.6 Å². The minimum Gasteiger partial charge on any atom is -0.308 e. The highest BCUT2D eigenvalue weighted by molar-refractivity contribution is 5.66. The molecule has 0 atom stereocenters. The molecule has 0 aliphatic heterocycles. The number of hydrazine groups is 1. The number of nitrogens with one attached hydrogen (secondary N) is 1. The number of anilines is 1. The summed E-state index contributed by atoms with van der Waals surface area (Å²) in [4.78, 5) is 4.46. The zero-order chi connectivity index (χ0) is 14.3. The lowest BCUT2D eigenvalue weighted by atomic mass is 10.1. The summed E-state index contributed by atoms with van der Waals surface area (Å²) in [6, 6.07) is 8.11. The van der Waals surface area contributed by atoms with Crippen molar-refractivity contribution in [2.24, 2.45) is 5.84 Å². The molecule has 0 aliphatic carbocycles. The maximum Gasteiger partial charge on any atom is 0.158 e. The Labute approximate surface area is 115 Å². The standard InChI is InChI=1S/C14H14FN5/c1-8-9(2)17-13-7-12(19-20(13)14(8)18-16)10-4-3-5-11(15)6-10/h3-7,18H,16H2,1-2H3. The summed E-state index contributed by atoms with van der Waals surface area (Å²) in [5, 5.41) is 4.44. The van der Waals surface area contributed by atoms with Gasteiger partial charge in [-0.3, -0.25) is 0 Å². The molecule has 3 aromatic rings. The first-order valence-electron chi connectivity index (χ1n) is 6.19. The molecule has 2 aromatic heterocycles. The van der Waals surface area contributed by atoms with Crippen molar-refractivity contribution >= 4 is 11.5 Å². The van der Waals surface area contributed by atoms with Crippen LogP contribution in [0.25, 0.3) is 16.9 Å². The molecule has 0 spiro atoms. The molecule has 102 valence electrons. The van der Waals surface area contributed by atoms with Crippen molar-refractivity contribution in [3.63, 3.8) is 0 Å². The molecule has 0 fully saturated rings. The first kappa shape index (κ1) is 12.6. The lowest BCUT2D eigenvalue weighted by molar-refractivity contribution is 0.628. The number of fused-ring (bicyclic) bond motifs is 1. The highest BCUT2D eigenvalue weighted by atomic mass is 19.1. The predicted molar refractivity (Wildman–Crippen MR) is 75.7 cm³/mol. The van der Waals surface area contributed by atoms with Crippen LogP contribution in [0.1, 0.15) is 11.3 Å². The average Bonchev–Trinajstić information content (AvgIpc) is 2.83. The van der Waals surface area contributed by atoms with Crippen molar-refractivity contribution in [3.05, 3.63) is 47.4 Å². The van der Waals surface area contributed by atoms with Gasteiger partial charge in [-0.15, -0.1) is 0 Å². The molecule has 0 radical (unpaired) electrons. The van der Waals surface area contributed by atoms with Gasteiger partial charge in [0.05, 0.1) is 5.69 Å². The minimum absolute atomic E-state index is 0.294. The van der Waals surface area contributed by atoms with Gasteiger partial charge in [-0.2, -0.15) is 9.61 Å². The van der Waals surface area contributed by atoms with Crippen LogP contribution < -0.4 is 11.3 Å². The highest BCUT2D eigenvalue weighted by Gasteiger charge is 2.12. The fraction of sp³-hybridized carbons (Fsp3) is 0.143. The summed E-state index contributed by atoms with van der Waals surface area (Å²) in [5.41, 5.74) is 6.46. The van der Waals surface area contributed by atoms with E-state index in [2.05, 4.69) is 15.5 Å². The molecule has 20 heavy (non-hydrogen) atoms. The Morgan fingerprint density at radius 3 is 2.75 bits per heavy atom. The molecular formula is C14H14FN5. The second-order valence-electron chi connectivity index (χ2n) is 4.63. The molecule has 3 N–H and O–H groups in total. The second kappa shape index (κ2) is 4.57. The molecule has 2 heterocycles. The molecule has 3 rings (SSSR count). The van der Waals surface area contributed by atoms with Crippen molar-refractivity contribution in [2.75, 3.05) is 5.43 Å². The minimum atomic E-state index is -0.294. The van der Waals surface area contributed by atoms with Crippen LogP contribution in [0.4, 0.5) is 10.2 Å². The van der Waals surface area contributed by atoms with E-state index in [4.69, 9.17) is 5.84 Å². The van der Waals surface area contributed by atoms with Crippen LogP contribution in [0.15, 0.2) is 30.3 Å². The summed E-state index contributed by atoms with van der Waals surface area (Å²) >= 11 is 0. The molecule has 0 unspecified atom stereocenters. The third kappa shape index (κ3) is 1.90. The van der Waals surface area contributed by atoms with E-state index in [9.17, 15) is 4.39 Å². The Morgan fingerprint density at radius 1 is 1.25 bits per heavy atom. The maximum atomic E-state index is 13.3. The van der Waals surface area contributed by atoms with Gasteiger partial charge in [-0.1, -0.05) is 12.1 Å². The Hall–Kier alpha value is -2.47. The van der Waals surface area contributed by atoms with Crippen LogP contribution >= 0.6 is 0 Å². The van der Waals surface area contributed by atoms with E-state index in [1.165, 1.54) is 12.1 Å². The Bertz CT molecular complexity index is 794. The predicted octanol–water partition coefficient (Wildman–Crippen LogP) is 2.44. The van der Waals surface area contributed by atoms with Gasteiger partial charge < -0.3 is 5.43 Å². The van der Waals surface area contributed by atoms with Crippen LogP contribution in [-0.2, 0) is 0 Å². The summed E-state index contributed by atoms with van der Waals surface area (Å²) in [7, 11) is 0. The largest absolute Gasteiger partial charge is 0.308 e. The number of aromatic nitrogens is 3. The van der Waals surface area contributed by atoms with Crippen LogP contribution in [0, 0.1) is 19.7 Å². The Kier molecular flexibility index (Phi) is 2.87. The van der Waals surface area contributed by atoms with Gasteiger partial charge in [0.1, 0.15) is 11.6 Å². The molecule has 0 bridgehead atoms. The van der Waals surface area contributed by atoms with E-state index in [1.54, 1.807) is 16.6 Å². The maximum absolute atomic E-state index is 13.3. The third-order valence-electron chi connectivity index (χ3n) is 3.34. The molecule has 0 saturated heterocycles. The number of halogens is 1. The zero-order valence-corrected chi connectivity index (χ0v) is 11.2. The summed E-state index contributed by atoms with van der Waals surface area (Å²) in [6.07, 6.45) is 0. The normalized spacial score (nSPS) is 11.0. The number of aryl methyl sites for hydroxylation is 1. The quantitative estimate of drug-likeness (QED) is 0.555. The van der Waals surface area contributed by atoms with Gasteiger partial charge in [-0.05, 0) is 26.0 Å². The number of rotatable bonds is 2. The van der Waals surface area contributed by atoms with E-state index < -0.39 is 0 Å². The number of hydrogen-bond donors (Lipinski definition) is 2. The highest BCUT2D eigenvalue weighted by Crippen LogP contribution is 2.24. The SMILES string of the molecule is Cc1nc2cc(-c3cccc(F)c3)nn2c(NN)c1C. The number of nitrogen functional groups attached to an aromatic ring is 1. The zero-order valence-electron chi connectivity index (χ0n) is 11.2. The van der Waals surface area contributed by atoms with Gasteiger partial charge >= 0.3 is 0 Å². The van der Waals surface area contributed by atoms with Crippen molar-refractivity contribution in [1.82, 2.24) is 14.6 Å². The van der Waals surface area contributed by atoms with E-state index >= 15 is 0 Å². The van der Waals surface area contributed by atoms with E-state index in [1.807, 2.05) is 19.9 Å². The number of benzene rings is 1. The summed E-state index contributed by atoms with van der Waals surface area (Å²) in [5.74, 6) is 5.94. The lowest BCUT2D eigenvalue weighted by Crippen LogP contribution is -2.14. The van der Waals surface area contributed by atoms with Gasteiger partial charge in [0.2, 0.25) is 0 Å². The Balaban J connectivity index is 2.25. The average molecular weight is 271 g/mol. The fourth-order valence-electron chi connectivity index (χ4n) is 2.16. The van der Waals surface area contributed by atoms with Crippen molar-refractivity contribution in [3.8, 4) is 11.3 Å². The monoisotopic (exact) mass is 271 g/mol. The first-order valence-corrected chi connectivity index (χ1v) is 6.19. The molecule has 0 aliphatic rings. The van der Waals surface area contributed by atoms with Gasteiger partial charge in [-0.25, -0.2) is 15.2 Å². The molecular weight excluding hydrogens is 257 g/mol. The molecule has 6 heteroatoms. The van der Waals surface area contributed by atoms with Crippen molar-refractivity contribution in [1.29, 1.82) is 0 Å². The summed E-state index contributed by atoms with van der Waals surface area (Å²) in [6.45, 7) is 3.82. The number of hydrogen-bond acceptors (Lipinski definition) is 4. The van der Waals surface area contributed by atoms with Gasteiger partial charge in [0, 0.05) is 22.9 Å². The number of nitrogens with two attached hydrogens (primary N) is 1. The lowest BCUT2D eigenvalue weighted by Gasteiger charge is -2.09. The topological polar surface area (TPSA) is 68.2 Å². The smallest absolute Gasteiger partial charge is 0.158 e.